The summed E-state index contributed by atoms with van der Waals surface area (Å²) in [7, 11) is 1.93. The molecule has 0 saturated carbocycles. The molecule has 0 fully saturated rings. The van der Waals surface area contributed by atoms with Crippen LogP contribution in [-0.2, 0) is 16.2 Å². The van der Waals surface area contributed by atoms with Crippen LogP contribution < -0.4 is 5.46 Å². The van der Waals surface area contributed by atoms with Crippen molar-refractivity contribution in [3.63, 3.8) is 0 Å². The van der Waals surface area contributed by atoms with Gasteiger partial charge in [-0.15, -0.1) is 12.6 Å². The Labute approximate surface area is 239 Å². The number of phenolic OH excluding ortho intramolecular Hbond substituents is 3. The van der Waals surface area contributed by atoms with Gasteiger partial charge in [0.15, 0.2) is 0 Å². The van der Waals surface area contributed by atoms with Crippen LogP contribution in [0.4, 0.5) is 0 Å². The third-order valence-electron chi connectivity index (χ3n) is 8.63. The Kier molecular flexibility index (Phi) is 7.37. The Bertz CT molecular complexity index is 1360. The standard InChI is InChI=1S/C34H39BO3S/c1-20-14-21(8-11-28(20)36)32(2,3)24-15-25(33(4,5)22-9-12-29(37)27(35)18-22)17-26(16-24)34(6,7)23-10-13-30(38)31(39)19-23/h8-19,36-39H,35H2,1-7H3. The van der Waals surface area contributed by atoms with E-state index < -0.39 is 0 Å². The van der Waals surface area contributed by atoms with Crippen molar-refractivity contribution in [1.82, 2.24) is 0 Å². The van der Waals surface area contributed by atoms with Crippen molar-refractivity contribution >= 4 is 25.9 Å². The summed E-state index contributed by atoms with van der Waals surface area (Å²) < 4.78 is 0. The second-order valence-electron chi connectivity index (χ2n) is 12.4. The maximum absolute atomic E-state index is 10.2. The number of hydrogen-bond donors (Lipinski definition) is 4. The molecule has 0 unspecified atom stereocenters. The molecular weight excluding hydrogens is 499 g/mol. The molecule has 4 aromatic carbocycles. The minimum atomic E-state index is -0.377. The summed E-state index contributed by atoms with van der Waals surface area (Å²) in [5.74, 6) is 0.757. The molecule has 0 aromatic heterocycles. The van der Waals surface area contributed by atoms with Gasteiger partial charge in [-0.1, -0.05) is 90.1 Å². The summed E-state index contributed by atoms with van der Waals surface area (Å²) in [5, 5.41) is 30.5. The van der Waals surface area contributed by atoms with Gasteiger partial charge < -0.3 is 15.3 Å². The van der Waals surface area contributed by atoms with Crippen LogP contribution in [0.3, 0.4) is 0 Å². The van der Waals surface area contributed by atoms with E-state index in [1.807, 2.05) is 39.0 Å². The summed E-state index contributed by atoms with van der Waals surface area (Å²) >= 11 is 4.48. The lowest BCUT2D eigenvalue weighted by Gasteiger charge is -2.35. The van der Waals surface area contributed by atoms with Crippen LogP contribution in [0, 0.1) is 6.92 Å². The van der Waals surface area contributed by atoms with E-state index in [9.17, 15) is 15.3 Å². The zero-order valence-corrected chi connectivity index (χ0v) is 25.1. The highest BCUT2D eigenvalue weighted by Gasteiger charge is 2.33. The van der Waals surface area contributed by atoms with Gasteiger partial charge in [0.2, 0.25) is 0 Å². The molecule has 0 heterocycles. The number of aromatic hydroxyl groups is 3. The first-order valence-corrected chi connectivity index (χ1v) is 13.8. The lowest BCUT2D eigenvalue weighted by Crippen LogP contribution is -2.27. The topological polar surface area (TPSA) is 60.7 Å². The molecule has 3 N–H and O–H groups in total. The predicted molar refractivity (Wildman–Crippen MR) is 167 cm³/mol. The first kappa shape index (κ1) is 28.7. The Morgan fingerprint density at radius 2 is 0.897 bits per heavy atom. The van der Waals surface area contributed by atoms with Crippen molar-refractivity contribution in [2.24, 2.45) is 0 Å². The molecule has 0 atom stereocenters. The van der Waals surface area contributed by atoms with Gasteiger partial charge in [-0.05, 0) is 75.6 Å². The summed E-state index contributed by atoms with van der Waals surface area (Å²) in [6.45, 7) is 15.2. The van der Waals surface area contributed by atoms with E-state index in [2.05, 4.69) is 84.5 Å². The van der Waals surface area contributed by atoms with E-state index in [1.54, 1.807) is 18.2 Å². The van der Waals surface area contributed by atoms with Gasteiger partial charge >= 0.3 is 0 Å². The molecule has 202 valence electrons. The van der Waals surface area contributed by atoms with Crippen LogP contribution in [0.15, 0.2) is 77.7 Å². The number of rotatable bonds is 6. The summed E-state index contributed by atoms with van der Waals surface area (Å²) in [5.41, 5.74) is 7.43. The molecule has 0 radical (unpaired) electrons. The molecule has 4 aromatic rings. The third kappa shape index (κ3) is 5.29. The average molecular weight is 539 g/mol. The van der Waals surface area contributed by atoms with Gasteiger partial charge in [0, 0.05) is 21.1 Å². The Morgan fingerprint density at radius 1 is 0.513 bits per heavy atom. The predicted octanol–water partition coefficient (Wildman–Crippen LogP) is 6.64. The molecule has 3 nitrogen and oxygen atoms in total. The minimum absolute atomic E-state index is 0.167. The molecule has 0 aliphatic rings. The van der Waals surface area contributed by atoms with E-state index in [0.29, 0.717) is 16.4 Å². The smallest absolute Gasteiger partial charge is 0.144 e. The van der Waals surface area contributed by atoms with Crippen LogP contribution >= 0.6 is 12.6 Å². The highest BCUT2D eigenvalue weighted by atomic mass is 32.1. The van der Waals surface area contributed by atoms with E-state index in [0.717, 1.165) is 33.3 Å². The third-order valence-corrected chi connectivity index (χ3v) is 8.99. The van der Waals surface area contributed by atoms with Crippen LogP contribution in [0.2, 0.25) is 0 Å². The van der Waals surface area contributed by atoms with Crippen molar-refractivity contribution in [3.05, 3.63) is 112 Å². The monoisotopic (exact) mass is 538 g/mol. The lowest BCUT2D eigenvalue weighted by atomic mass is 9.68. The molecule has 5 heteroatoms. The van der Waals surface area contributed by atoms with Crippen molar-refractivity contribution in [2.45, 2.75) is 69.6 Å². The molecule has 4 rings (SSSR count). The SMILES string of the molecule is Bc1cc(C(C)(C)c2cc(C(C)(C)c3ccc(O)c(C)c3)cc(C(C)(C)c3ccc(O)c(S)c3)c2)ccc1O. The zero-order chi connectivity index (χ0) is 28.9. The van der Waals surface area contributed by atoms with Crippen LogP contribution in [0.5, 0.6) is 17.2 Å². The molecule has 0 saturated heterocycles. The Hall–Kier alpha value is -3.31. The van der Waals surface area contributed by atoms with Gasteiger partial charge in [-0.25, -0.2) is 0 Å². The first-order chi connectivity index (χ1) is 18.0. The molecule has 0 aliphatic carbocycles. The van der Waals surface area contributed by atoms with E-state index in [1.165, 1.54) is 11.1 Å². The molecular formula is C34H39BO3S. The minimum Gasteiger partial charge on any atom is -0.509 e. The summed E-state index contributed by atoms with van der Waals surface area (Å²) in [6.07, 6.45) is 0. The zero-order valence-electron chi connectivity index (χ0n) is 24.2. The number of benzene rings is 4. The molecule has 0 aliphatic heterocycles. The molecule has 39 heavy (non-hydrogen) atoms. The molecule has 0 amide bonds. The van der Waals surface area contributed by atoms with Gasteiger partial charge in [-0.2, -0.15) is 0 Å². The number of aryl methyl sites for hydroxylation is 1. The van der Waals surface area contributed by atoms with Crippen molar-refractivity contribution in [2.75, 3.05) is 0 Å². The summed E-state index contributed by atoms with van der Waals surface area (Å²) in [6, 6.07) is 24.2. The van der Waals surface area contributed by atoms with Gasteiger partial charge in [0.05, 0.1) is 0 Å². The van der Waals surface area contributed by atoms with Crippen molar-refractivity contribution in [3.8, 4) is 17.2 Å². The van der Waals surface area contributed by atoms with Crippen molar-refractivity contribution in [1.29, 1.82) is 0 Å². The molecule has 0 bridgehead atoms. The van der Waals surface area contributed by atoms with E-state index in [4.69, 9.17) is 0 Å². The second-order valence-corrected chi connectivity index (χ2v) is 12.9. The average Bonchev–Trinajstić information content (AvgIpc) is 2.88. The maximum atomic E-state index is 10.2. The number of thiol groups is 1. The van der Waals surface area contributed by atoms with Gasteiger partial charge in [0.1, 0.15) is 25.1 Å². The van der Waals surface area contributed by atoms with Gasteiger partial charge in [-0.3, -0.25) is 0 Å². The van der Waals surface area contributed by atoms with Gasteiger partial charge in [0.25, 0.3) is 0 Å². The number of phenols is 3. The van der Waals surface area contributed by atoms with E-state index in [-0.39, 0.29) is 22.0 Å². The fraction of sp³-hybridized carbons (Fsp3) is 0.294. The highest BCUT2D eigenvalue weighted by Crippen LogP contribution is 2.43. The first-order valence-electron chi connectivity index (χ1n) is 13.3. The largest absolute Gasteiger partial charge is 0.509 e. The lowest BCUT2D eigenvalue weighted by molar-refractivity contribution is 0.461. The quantitative estimate of drug-likeness (QED) is 0.165. The van der Waals surface area contributed by atoms with Crippen molar-refractivity contribution < 1.29 is 15.3 Å². The van der Waals surface area contributed by atoms with Crippen LogP contribution in [-0.4, -0.2) is 23.2 Å². The second kappa shape index (κ2) is 10.0. The number of hydrogen-bond acceptors (Lipinski definition) is 4. The maximum Gasteiger partial charge on any atom is 0.144 e. The summed E-state index contributed by atoms with van der Waals surface area (Å²) in [4.78, 5) is 0.553. The Balaban J connectivity index is 1.97. The van der Waals surface area contributed by atoms with Crippen LogP contribution in [0.25, 0.3) is 0 Å². The fourth-order valence-corrected chi connectivity index (χ4v) is 5.42. The Morgan fingerprint density at radius 3 is 1.31 bits per heavy atom. The fourth-order valence-electron chi connectivity index (χ4n) is 5.21. The van der Waals surface area contributed by atoms with E-state index >= 15 is 0 Å². The van der Waals surface area contributed by atoms with Crippen LogP contribution in [0.1, 0.15) is 80.5 Å². The highest BCUT2D eigenvalue weighted by molar-refractivity contribution is 7.80. The normalized spacial score (nSPS) is 12.5. The molecule has 0 spiro atoms.